The molecule has 2 N–H and O–H groups in total. The number of aromatic amines is 1. The van der Waals surface area contributed by atoms with E-state index < -0.39 is 0 Å². The number of amides is 1. The van der Waals surface area contributed by atoms with E-state index in [1.165, 1.54) is 0 Å². The lowest BCUT2D eigenvalue weighted by Crippen LogP contribution is -2.12. The van der Waals surface area contributed by atoms with Gasteiger partial charge in [-0.2, -0.15) is 0 Å². The van der Waals surface area contributed by atoms with Crippen LogP contribution in [0.3, 0.4) is 0 Å². The molecule has 0 saturated carbocycles. The lowest BCUT2D eigenvalue weighted by Gasteiger charge is -2.07. The second-order valence-corrected chi connectivity index (χ2v) is 5.07. The van der Waals surface area contributed by atoms with E-state index in [2.05, 4.69) is 10.3 Å². The lowest BCUT2D eigenvalue weighted by molar-refractivity contribution is 0.102. The quantitative estimate of drug-likeness (QED) is 0.720. The van der Waals surface area contributed by atoms with Crippen LogP contribution in [-0.2, 0) is 0 Å². The molecule has 1 heterocycles. The minimum Gasteiger partial charge on any atom is -0.361 e. The number of nitrogens with one attached hydrogen (secondary N) is 2. The second-order valence-electron chi connectivity index (χ2n) is 4.66. The SMILES string of the molecule is Cc1ccc(NC(=O)c2cccc3[nH]ccc23)cc1Cl. The Bertz CT molecular complexity index is 792. The van der Waals surface area contributed by atoms with E-state index in [1.54, 1.807) is 12.1 Å². The van der Waals surface area contributed by atoms with Crippen LogP contribution >= 0.6 is 11.6 Å². The summed E-state index contributed by atoms with van der Waals surface area (Å²) in [5.41, 5.74) is 3.26. The Morgan fingerprint density at radius 3 is 2.85 bits per heavy atom. The van der Waals surface area contributed by atoms with Gasteiger partial charge < -0.3 is 10.3 Å². The summed E-state index contributed by atoms with van der Waals surface area (Å²) in [4.78, 5) is 15.4. The molecule has 1 amide bonds. The Hall–Kier alpha value is -2.26. The van der Waals surface area contributed by atoms with E-state index in [4.69, 9.17) is 11.6 Å². The van der Waals surface area contributed by atoms with E-state index >= 15 is 0 Å². The van der Waals surface area contributed by atoms with Crippen molar-refractivity contribution in [3.8, 4) is 0 Å². The van der Waals surface area contributed by atoms with Crippen molar-refractivity contribution in [1.29, 1.82) is 0 Å². The molecule has 0 atom stereocenters. The fourth-order valence-corrected chi connectivity index (χ4v) is 2.33. The highest BCUT2D eigenvalue weighted by Crippen LogP contribution is 2.22. The van der Waals surface area contributed by atoms with Gasteiger partial charge in [0.25, 0.3) is 5.91 Å². The summed E-state index contributed by atoms with van der Waals surface area (Å²) in [6.45, 7) is 1.93. The van der Waals surface area contributed by atoms with Crippen LogP contribution in [0, 0.1) is 6.92 Å². The van der Waals surface area contributed by atoms with Gasteiger partial charge in [0, 0.05) is 33.4 Å². The number of anilines is 1. The number of rotatable bonds is 2. The molecule has 0 aliphatic rings. The number of carbonyl (C=O) groups is 1. The molecule has 0 saturated heterocycles. The van der Waals surface area contributed by atoms with Gasteiger partial charge in [0.2, 0.25) is 0 Å². The average Bonchev–Trinajstić information content (AvgIpc) is 2.91. The number of H-pyrrole nitrogens is 1. The van der Waals surface area contributed by atoms with Crippen LogP contribution < -0.4 is 5.32 Å². The number of aryl methyl sites for hydroxylation is 1. The van der Waals surface area contributed by atoms with Crippen LogP contribution in [0.2, 0.25) is 5.02 Å². The molecule has 0 aliphatic heterocycles. The summed E-state index contributed by atoms with van der Waals surface area (Å²) in [6, 6.07) is 13.0. The highest BCUT2D eigenvalue weighted by atomic mass is 35.5. The van der Waals surface area contributed by atoms with Crippen molar-refractivity contribution in [3.05, 3.63) is 64.8 Å². The third-order valence-electron chi connectivity index (χ3n) is 3.27. The second kappa shape index (κ2) is 5.02. The van der Waals surface area contributed by atoms with E-state index in [-0.39, 0.29) is 5.91 Å². The fraction of sp³-hybridized carbons (Fsp3) is 0.0625. The zero-order chi connectivity index (χ0) is 14.1. The lowest BCUT2D eigenvalue weighted by atomic mass is 10.1. The van der Waals surface area contributed by atoms with Crippen LogP contribution in [0.15, 0.2) is 48.7 Å². The molecular formula is C16H13ClN2O. The first kappa shape index (κ1) is 12.8. The zero-order valence-electron chi connectivity index (χ0n) is 10.9. The van der Waals surface area contributed by atoms with Crippen LogP contribution in [0.25, 0.3) is 10.9 Å². The summed E-state index contributed by atoms with van der Waals surface area (Å²) in [5.74, 6) is -0.143. The van der Waals surface area contributed by atoms with Crippen molar-refractivity contribution in [2.75, 3.05) is 5.32 Å². The molecule has 0 aliphatic carbocycles. The Morgan fingerprint density at radius 1 is 1.20 bits per heavy atom. The molecular weight excluding hydrogens is 272 g/mol. The van der Waals surface area contributed by atoms with E-state index in [0.29, 0.717) is 16.3 Å². The maximum Gasteiger partial charge on any atom is 0.256 e. The number of hydrogen-bond acceptors (Lipinski definition) is 1. The molecule has 3 nitrogen and oxygen atoms in total. The van der Waals surface area contributed by atoms with Crippen molar-refractivity contribution in [2.45, 2.75) is 6.92 Å². The van der Waals surface area contributed by atoms with E-state index in [1.807, 2.05) is 43.5 Å². The number of aromatic nitrogens is 1. The largest absolute Gasteiger partial charge is 0.361 e. The first-order chi connectivity index (χ1) is 9.65. The minimum atomic E-state index is -0.143. The van der Waals surface area contributed by atoms with Gasteiger partial charge in [-0.25, -0.2) is 0 Å². The smallest absolute Gasteiger partial charge is 0.256 e. The van der Waals surface area contributed by atoms with E-state index in [0.717, 1.165) is 16.5 Å². The number of fused-ring (bicyclic) bond motifs is 1. The van der Waals surface area contributed by atoms with E-state index in [9.17, 15) is 4.79 Å². The summed E-state index contributed by atoms with van der Waals surface area (Å²) in [5, 5.41) is 4.42. The van der Waals surface area contributed by atoms with Crippen LogP contribution in [-0.4, -0.2) is 10.9 Å². The number of hydrogen-bond donors (Lipinski definition) is 2. The van der Waals surface area contributed by atoms with Crippen LogP contribution in [0.1, 0.15) is 15.9 Å². The van der Waals surface area contributed by atoms with Gasteiger partial charge in [0.05, 0.1) is 0 Å². The molecule has 0 fully saturated rings. The standard InChI is InChI=1S/C16H13ClN2O/c1-10-5-6-11(9-14(10)17)19-16(20)13-3-2-4-15-12(13)7-8-18-15/h2-9,18H,1H3,(H,19,20). The first-order valence-electron chi connectivity index (χ1n) is 6.29. The average molecular weight is 285 g/mol. The molecule has 3 aromatic rings. The van der Waals surface area contributed by atoms with Gasteiger partial charge in [0.15, 0.2) is 0 Å². The predicted molar refractivity (Wildman–Crippen MR) is 82.4 cm³/mol. The van der Waals surface area contributed by atoms with Gasteiger partial charge in [-0.1, -0.05) is 23.7 Å². The predicted octanol–water partition coefficient (Wildman–Crippen LogP) is 4.38. The first-order valence-corrected chi connectivity index (χ1v) is 6.66. The molecule has 0 bridgehead atoms. The summed E-state index contributed by atoms with van der Waals surface area (Å²) in [6.07, 6.45) is 1.82. The van der Waals surface area contributed by atoms with Crippen molar-refractivity contribution in [3.63, 3.8) is 0 Å². The maximum absolute atomic E-state index is 12.4. The summed E-state index contributed by atoms with van der Waals surface area (Å²) in [7, 11) is 0. The molecule has 2 aromatic carbocycles. The van der Waals surface area contributed by atoms with Gasteiger partial charge >= 0.3 is 0 Å². The third-order valence-corrected chi connectivity index (χ3v) is 3.68. The van der Waals surface area contributed by atoms with Crippen molar-refractivity contribution in [1.82, 2.24) is 4.98 Å². The van der Waals surface area contributed by atoms with Crippen LogP contribution in [0.5, 0.6) is 0 Å². The Labute approximate surface area is 121 Å². The van der Waals surface area contributed by atoms with Gasteiger partial charge in [-0.05, 0) is 42.8 Å². The molecule has 100 valence electrons. The normalized spacial score (nSPS) is 10.7. The molecule has 0 radical (unpaired) electrons. The monoisotopic (exact) mass is 284 g/mol. The molecule has 1 aromatic heterocycles. The number of benzene rings is 2. The Kier molecular flexibility index (Phi) is 3.20. The molecule has 4 heteroatoms. The fourth-order valence-electron chi connectivity index (χ4n) is 2.15. The molecule has 0 spiro atoms. The van der Waals surface area contributed by atoms with Crippen molar-refractivity contribution in [2.24, 2.45) is 0 Å². The maximum atomic E-state index is 12.4. The molecule has 0 unspecified atom stereocenters. The third kappa shape index (κ3) is 2.28. The number of halogens is 1. The highest BCUT2D eigenvalue weighted by Gasteiger charge is 2.11. The minimum absolute atomic E-state index is 0.143. The van der Waals surface area contributed by atoms with Gasteiger partial charge in [-0.15, -0.1) is 0 Å². The highest BCUT2D eigenvalue weighted by molar-refractivity contribution is 6.31. The molecule has 20 heavy (non-hydrogen) atoms. The zero-order valence-corrected chi connectivity index (χ0v) is 11.7. The van der Waals surface area contributed by atoms with Crippen molar-refractivity contribution >= 4 is 34.1 Å². The topological polar surface area (TPSA) is 44.9 Å². The number of carbonyl (C=O) groups excluding carboxylic acids is 1. The van der Waals surface area contributed by atoms with Crippen LogP contribution in [0.4, 0.5) is 5.69 Å². The Balaban J connectivity index is 1.93. The summed E-state index contributed by atoms with van der Waals surface area (Å²) < 4.78 is 0. The van der Waals surface area contributed by atoms with Crippen molar-refractivity contribution < 1.29 is 4.79 Å². The summed E-state index contributed by atoms with van der Waals surface area (Å²) >= 11 is 6.06. The van der Waals surface area contributed by atoms with Gasteiger partial charge in [-0.3, -0.25) is 4.79 Å². The molecule has 3 rings (SSSR count). The van der Waals surface area contributed by atoms with Gasteiger partial charge in [0.1, 0.15) is 0 Å². The Morgan fingerprint density at radius 2 is 2.05 bits per heavy atom.